The van der Waals surface area contributed by atoms with Gasteiger partial charge in [-0.3, -0.25) is 9.48 Å². The van der Waals surface area contributed by atoms with E-state index in [1.165, 1.54) is 32.1 Å². The molecule has 1 aromatic heterocycles. The van der Waals surface area contributed by atoms with Gasteiger partial charge in [-0.05, 0) is 31.1 Å². The predicted octanol–water partition coefficient (Wildman–Crippen LogP) is 2.22. The van der Waals surface area contributed by atoms with Gasteiger partial charge in [0.25, 0.3) is 0 Å². The van der Waals surface area contributed by atoms with Crippen LogP contribution in [0.15, 0.2) is 6.20 Å². The summed E-state index contributed by atoms with van der Waals surface area (Å²) < 4.78 is 1.63. The van der Waals surface area contributed by atoms with E-state index >= 15 is 0 Å². The number of nitrogens with one attached hydrogen (secondary N) is 1. The van der Waals surface area contributed by atoms with Gasteiger partial charge in [-0.25, -0.2) is 0 Å². The highest BCUT2D eigenvalue weighted by Crippen LogP contribution is 2.42. The van der Waals surface area contributed by atoms with Gasteiger partial charge in [-0.2, -0.15) is 5.10 Å². The van der Waals surface area contributed by atoms with Crippen LogP contribution in [0.25, 0.3) is 0 Å². The van der Waals surface area contributed by atoms with E-state index < -0.39 is 0 Å². The number of aromatic nitrogens is 2. The van der Waals surface area contributed by atoms with Crippen LogP contribution in [0.4, 0.5) is 5.82 Å². The number of carbonyl (C=O) groups is 1. The molecule has 2 aliphatic carbocycles. The zero-order valence-corrected chi connectivity index (χ0v) is 12.8. The van der Waals surface area contributed by atoms with Crippen molar-refractivity contribution >= 4 is 11.7 Å². The Kier molecular flexibility index (Phi) is 4.17. The van der Waals surface area contributed by atoms with Crippen molar-refractivity contribution in [3.8, 4) is 0 Å². The molecule has 2 saturated carbocycles. The van der Waals surface area contributed by atoms with Gasteiger partial charge >= 0.3 is 0 Å². The molecule has 5 nitrogen and oxygen atoms in total. The van der Waals surface area contributed by atoms with E-state index in [-0.39, 0.29) is 11.8 Å². The van der Waals surface area contributed by atoms with Crippen LogP contribution in [0.5, 0.6) is 0 Å². The number of carbonyl (C=O) groups excluding carboxylic acids is 1. The van der Waals surface area contributed by atoms with Gasteiger partial charge in [0.05, 0.1) is 6.20 Å². The summed E-state index contributed by atoms with van der Waals surface area (Å²) >= 11 is 0. The first-order chi connectivity index (χ1) is 10.1. The molecule has 0 aliphatic heterocycles. The molecule has 0 aromatic carbocycles. The summed E-state index contributed by atoms with van der Waals surface area (Å²) in [6.45, 7) is 0.489. The fraction of sp³-hybridized carbons (Fsp3) is 0.750. The highest BCUT2D eigenvalue weighted by atomic mass is 16.1. The maximum Gasteiger partial charge on any atom is 0.223 e. The number of rotatable bonds is 3. The van der Waals surface area contributed by atoms with E-state index in [1.54, 1.807) is 10.9 Å². The van der Waals surface area contributed by atoms with Crippen molar-refractivity contribution in [2.75, 3.05) is 5.73 Å². The molecule has 2 fully saturated rings. The number of nitrogen functional groups attached to an aromatic ring is 1. The molecule has 0 radical (unpaired) electrons. The van der Waals surface area contributed by atoms with Crippen molar-refractivity contribution in [3.05, 3.63) is 11.8 Å². The van der Waals surface area contributed by atoms with Gasteiger partial charge < -0.3 is 11.1 Å². The van der Waals surface area contributed by atoms with Crippen molar-refractivity contribution in [3.63, 3.8) is 0 Å². The number of fused-ring (bicyclic) bond motifs is 1. The molecule has 3 N–H and O–H groups in total. The van der Waals surface area contributed by atoms with Crippen LogP contribution >= 0.6 is 0 Å². The highest BCUT2D eigenvalue weighted by molar-refractivity contribution is 5.78. The van der Waals surface area contributed by atoms with Gasteiger partial charge in [0.15, 0.2) is 0 Å². The van der Waals surface area contributed by atoms with Crippen molar-refractivity contribution < 1.29 is 4.79 Å². The number of hydrogen-bond acceptors (Lipinski definition) is 3. The molecule has 0 bridgehead atoms. The third-order valence-electron chi connectivity index (χ3n) is 5.43. The minimum absolute atomic E-state index is 0.197. The van der Waals surface area contributed by atoms with Crippen LogP contribution in [0.2, 0.25) is 0 Å². The highest BCUT2D eigenvalue weighted by Gasteiger charge is 2.34. The quantitative estimate of drug-likeness (QED) is 0.896. The zero-order valence-electron chi connectivity index (χ0n) is 12.8. The lowest BCUT2D eigenvalue weighted by molar-refractivity contribution is -0.127. The van der Waals surface area contributed by atoms with Crippen molar-refractivity contribution in [1.82, 2.24) is 15.1 Å². The summed E-state index contributed by atoms with van der Waals surface area (Å²) in [5, 5.41) is 7.15. The standard InChI is InChI=1S/C16H26N4O/c1-20-15(17)14(10-19-20)9-18-16(21)13-7-6-11-4-2-3-5-12(11)8-13/h10-13H,2-9,17H2,1H3,(H,18,21). The number of nitrogens with two attached hydrogens (primary N) is 1. The Labute approximate surface area is 126 Å². The number of amides is 1. The molecule has 1 heterocycles. The first kappa shape index (κ1) is 14.4. The lowest BCUT2D eigenvalue weighted by atomic mass is 9.67. The Bertz CT molecular complexity index is 510. The fourth-order valence-electron chi connectivity index (χ4n) is 4.07. The number of aryl methyl sites for hydroxylation is 1. The summed E-state index contributed by atoms with van der Waals surface area (Å²) in [6.07, 6.45) is 10.5. The smallest absolute Gasteiger partial charge is 0.223 e. The van der Waals surface area contributed by atoms with Crippen LogP contribution in [0.3, 0.4) is 0 Å². The third-order valence-corrected chi connectivity index (χ3v) is 5.43. The molecule has 0 spiro atoms. The van der Waals surface area contributed by atoms with E-state index in [0.29, 0.717) is 12.4 Å². The average Bonchev–Trinajstić information content (AvgIpc) is 2.84. The molecule has 1 amide bonds. The maximum absolute atomic E-state index is 12.4. The molecule has 21 heavy (non-hydrogen) atoms. The van der Waals surface area contributed by atoms with E-state index in [2.05, 4.69) is 10.4 Å². The van der Waals surface area contributed by atoms with Crippen molar-refractivity contribution in [2.24, 2.45) is 24.8 Å². The second-order valence-corrected chi connectivity index (χ2v) is 6.71. The molecule has 5 heteroatoms. The van der Waals surface area contributed by atoms with Gasteiger partial charge in [-0.15, -0.1) is 0 Å². The molecule has 0 saturated heterocycles. The van der Waals surface area contributed by atoms with E-state index in [1.807, 2.05) is 7.05 Å². The average molecular weight is 290 g/mol. The molecule has 3 unspecified atom stereocenters. The first-order valence-corrected chi connectivity index (χ1v) is 8.19. The Balaban J connectivity index is 1.52. The predicted molar refractivity (Wildman–Crippen MR) is 82.3 cm³/mol. The number of nitrogens with zero attached hydrogens (tertiary/aromatic N) is 2. The lowest BCUT2D eigenvalue weighted by Gasteiger charge is -2.38. The zero-order chi connectivity index (χ0) is 14.8. The molecular weight excluding hydrogens is 264 g/mol. The minimum atomic E-state index is 0.197. The van der Waals surface area contributed by atoms with Gasteiger partial charge in [0, 0.05) is 25.1 Å². The normalized spacial score (nSPS) is 28.9. The Morgan fingerprint density at radius 1 is 1.33 bits per heavy atom. The van der Waals surface area contributed by atoms with Crippen LogP contribution < -0.4 is 11.1 Å². The summed E-state index contributed by atoms with van der Waals surface area (Å²) in [6, 6.07) is 0. The molecule has 3 rings (SSSR count). The largest absolute Gasteiger partial charge is 0.384 e. The van der Waals surface area contributed by atoms with Gasteiger partial charge in [0.2, 0.25) is 5.91 Å². The molecular formula is C16H26N4O. The van der Waals surface area contributed by atoms with Crippen LogP contribution in [-0.4, -0.2) is 15.7 Å². The lowest BCUT2D eigenvalue weighted by Crippen LogP contribution is -2.37. The van der Waals surface area contributed by atoms with E-state index in [0.717, 1.165) is 30.2 Å². The summed E-state index contributed by atoms with van der Waals surface area (Å²) in [5.74, 6) is 2.69. The van der Waals surface area contributed by atoms with Crippen LogP contribution in [0, 0.1) is 17.8 Å². The van der Waals surface area contributed by atoms with E-state index in [4.69, 9.17) is 5.73 Å². The topological polar surface area (TPSA) is 72.9 Å². The summed E-state index contributed by atoms with van der Waals surface area (Å²) in [7, 11) is 1.81. The number of anilines is 1. The molecule has 3 atom stereocenters. The minimum Gasteiger partial charge on any atom is -0.384 e. The molecule has 2 aliphatic rings. The Morgan fingerprint density at radius 3 is 2.81 bits per heavy atom. The summed E-state index contributed by atoms with van der Waals surface area (Å²) in [5.41, 5.74) is 6.80. The second kappa shape index (κ2) is 6.08. The maximum atomic E-state index is 12.4. The third kappa shape index (κ3) is 3.06. The Hall–Kier alpha value is -1.52. The SMILES string of the molecule is Cn1ncc(CNC(=O)C2CCC3CCCCC3C2)c1N. The van der Waals surface area contributed by atoms with Gasteiger partial charge in [0.1, 0.15) is 5.82 Å². The van der Waals surface area contributed by atoms with Crippen LogP contribution in [0.1, 0.15) is 50.5 Å². The molecule has 1 aromatic rings. The second-order valence-electron chi connectivity index (χ2n) is 6.71. The Morgan fingerprint density at radius 2 is 2.10 bits per heavy atom. The number of hydrogen-bond donors (Lipinski definition) is 2. The molecule has 116 valence electrons. The first-order valence-electron chi connectivity index (χ1n) is 8.19. The fourth-order valence-corrected chi connectivity index (χ4v) is 4.07. The monoisotopic (exact) mass is 290 g/mol. The summed E-state index contributed by atoms with van der Waals surface area (Å²) in [4.78, 5) is 12.4. The van der Waals surface area contributed by atoms with Crippen molar-refractivity contribution in [2.45, 2.75) is 51.5 Å². The van der Waals surface area contributed by atoms with Crippen molar-refractivity contribution in [1.29, 1.82) is 0 Å². The van der Waals surface area contributed by atoms with Gasteiger partial charge in [-0.1, -0.05) is 25.7 Å². The van der Waals surface area contributed by atoms with E-state index in [9.17, 15) is 4.79 Å². The van der Waals surface area contributed by atoms with Crippen LogP contribution in [-0.2, 0) is 18.4 Å².